The summed E-state index contributed by atoms with van der Waals surface area (Å²) in [6, 6.07) is 1.54. The Labute approximate surface area is 174 Å². The summed E-state index contributed by atoms with van der Waals surface area (Å²) in [5.41, 5.74) is 0.0701. The molecule has 0 radical (unpaired) electrons. The normalized spacial score (nSPS) is 20.8. The molecule has 12 nitrogen and oxygen atoms in total. The first-order valence-corrected chi connectivity index (χ1v) is 10.8. The van der Waals surface area contributed by atoms with Gasteiger partial charge in [-0.15, -0.1) is 0 Å². The molecule has 1 aromatic rings. The second-order valence-electron chi connectivity index (χ2n) is 7.40. The quantitative estimate of drug-likeness (QED) is 0.324. The second-order valence-corrected chi connectivity index (χ2v) is 9.27. The number of rotatable bonds is 8. The molecule has 0 unspecified atom stereocenters. The minimum absolute atomic E-state index is 0.00643. The number of aryl methyl sites for hydroxylation is 2. The monoisotopic (exact) mass is 449 g/mol. The van der Waals surface area contributed by atoms with E-state index in [4.69, 9.17) is 18.3 Å². The molecule has 1 aromatic heterocycles. The van der Waals surface area contributed by atoms with Crippen molar-refractivity contribution in [1.82, 2.24) is 15.1 Å². The van der Waals surface area contributed by atoms with E-state index in [-0.39, 0.29) is 25.3 Å². The van der Waals surface area contributed by atoms with Crippen LogP contribution in [0.3, 0.4) is 0 Å². The van der Waals surface area contributed by atoms with Crippen molar-refractivity contribution in [1.29, 1.82) is 0 Å². The summed E-state index contributed by atoms with van der Waals surface area (Å²) >= 11 is 0. The van der Waals surface area contributed by atoms with Gasteiger partial charge in [0.1, 0.15) is 0 Å². The minimum atomic E-state index is -4.25. The molecule has 30 heavy (non-hydrogen) atoms. The number of nitrogens with one attached hydrogen (secondary N) is 1. The van der Waals surface area contributed by atoms with Gasteiger partial charge >= 0.3 is 174 Å². The number of amides is 1. The average molecular weight is 449 g/mol. The predicted octanol–water partition coefficient (Wildman–Crippen LogP) is 0.383. The number of hydrogen-bond donors (Lipinski definition) is 2. The van der Waals surface area contributed by atoms with Gasteiger partial charge in [0, 0.05) is 0 Å². The third-order valence-electron chi connectivity index (χ3n) is 4.34. The van der Waals surface area contributed by atoms with Crippen molar-refractivity contribution in [2.24, 2.45) is 12.5 Å². The van der Waals surface area contributed by atoms with E-state index in [1.807, 2.05) is 0 Å². The van der Waals surface area contributed by atoms with Crippen LogP contribution in [-0.2, 0) is 39.7 Å². The van der Waals surface area contributed by atoms with Crippen LogP contribution in [0.25, 0.3) is 0 Å². The van der Waals surface area contributed by atoms with Crippen molar-refractivity contribution in [2.45, 2.75) is 33.3 Å². The molecule has 170 valence electrons. The Morgan fingerprint density at radius 3 is 2.73 bits per heavy atom. The molecular formula is C17H28N3O9P. The molecule has 0 bridgehead atoms. The first-order valence-electron chi connectivity index (χ1n) is 9.18. The van der Waals surface area contributed by atoms with Crippen LogP contribution in [-0.4, -0.2) is 65.7 Å². The van der Waals surface area contributed by atoms with E-state index in [0.29, 0.717) is 5.69 Å². The number of methoxy groups -OCH3 is 1. The van der Waals surface area contributed by atoms with Crippen LogP contribution in [0.4, 0.5) is 0 Å². The fourth-order valence-electron chi connectivity index (χ4n) is 2.70. The second kappa shape index (κ2) is 9.80. The van der Waals surface area contributed by atoms with E-state index < -0.39 is 44.3 Å². The average Bonchev–Trinajstić information content (AvgIpc) is 3.02. The topological polar surface area (TPSA) is 147 Å². The number of esters is 2. The van der Waals surface area contributed by atoms with Crippen molar-refractivity contribution in [3.05, 3.63) is 17.5 Å². The summed E-state index contributed by atoms with van der Waals surface area (Å²) < 4.78 is 26.8. The molecular weight excluding hydrogens is 421 g/mol. The molecule has 1 saturated heterocycles. The zero-order valence-electron chi connectivity index (χ0n) is 17.6. The molecule has 1 amide bonds. The fourth-order valence-corrected chi connectivity index (χ4v) is 4.40. The summed E-state index contributed by atoms with van der Waals surface area (Å²) in [7, 11) is -1.41. The van der Waals surface area contributed by atoms with Gasteiger partial charge in [-0.25, -0.2) is 0 Å². The predicted molar refractivity (Wildman–Crippen MR) is 104 cm³/mol. The van der Waals surface area contributed by atoms with Crippen molar-refractivity contribution in [3.8, 4) is 0 Å². The van der Waals surface area contributed by atoms with Crippen LogP contribution in [0.2, 0.25) is 0 Å². The summed E-state index contributed by atoms with van der Waals surface area (Å²) in [5, 5.41) is 6.60. The molecule has 2 heterocycles. The number of hydrogen-bond acceptors (Lipinski definition) is 10. The van der Waals surface area contributed by atoms with Crippen molar-refractivity contribution in [2.75, 3.05) is 27.1 Å². The fraction of sp³-hybridized carbons (Fsp3) is 0.647. The van der Waals surface area contributed by atoms with Gasteiger partial charge in [-0.2, -0.15) is 0 Å². The van der Waals surface area contributed by atoms with E-state index in [1.54, 1.807) is 33.9 Å². The van der Waals surface area contributed by atoms with Crippen LogP contribution in [0.15, 0.2) is 6.07 Å². The van der Waals surface area contributed by atoms with E-state index in [2.05, 4.69) is 15.2 Å². The SMILES string of the molecule is COC(=O)CCNC(=O)[C@@H]1O[PH](O)(OCOC(=O)c2cc(C)nn2C)OCC1(C)C. The number of ether oxygens (including phenoxy) is 2. The molecule has 0 aromatic carbocycles. The van der Waals surface area contributed by atoms with Gasteiger partial charge in [-0.1, -0.05) is 0 Å². The number of nitrogens with zero attached hydrogens (tertiary/aromatic N) is 2. The van der Waals surface area contributed by atoms with Crippen LogP contribution in [0.1, 0.15) is 36.5 Å². The Morgan fingerprint density at radius 1 is 1.43 bits per heavy atom. The summed E-state index contributed by atoms with van der Waals surface area (Å²) in [5.74, 6) is -1.71. The van der Waals surface area contributed by atoms with Gasteiger partial charge in [0.2, 0.25) is 0 Å². The Hall–Kier alpha value is -2.11. The van der Waals surface area contributed by atoms with E-state index >= 15 is 0 Å². The van der Waals surface area contributed by atoms with Gasteiger partial charge in [-0.05, 0) is 0 Å². The molecule has 0 spiro atoms. The Balaban J connectivity index is 1.91. The van der Waals surface area contributed by atoms with Crippen LogP contribution >= 0.6 is 8.17 Å². The van der Waals surface area contributed by atoms with E-state index in [1.165, 1.54) is 11.8 Å². The van der Waals surface area contributed by atoms with Gasteiger partial charge in [0.05, 0.1) is 0 Å². The Bertz CT molecular complexity index is 797. The molecule has 1 aliphatic heterocycles. The standard InChI is InChI=1S/C17H28N3O9P/c1-11-8-12(20(4)19-11)16(23)26-10-28-30(24)27-9-17(2,3)14(29-30)15(22)18-7-6-13(21)25-5/h8,14,24,30H,6-7,9-10H2,1-5H3,(H,18,22)/t14-/m0/s1. The molecule has 1 aliphatic rings. The molecule has 13 heteroatoms. The van der Waals surface area contributed by atoms with Gasteiger partial charge in [0.15, 0.2) is 0 Å². The third-order valence-corrected chi connectivity index (χ3v) is 5.87. The van der Waals surface area contributed by atoms with Crippen molar-refractivity contribution < 1.29 is 42.3 Å². The molecule has 2 N–H and O–H groups in total. The number of carbonyl (C=O) groups is 3. The zero-order valence-corrected chi connectivity index (χ0v) is 18.6. The molecule has 1 fully saturated rings. The van der Waals surface area contributed by atoms with Crippen LogP contribution in [0, 0.1) is 12.3 Å². The first kappa shape index (κ1) is 24.2. The number of aromatic nitrogens is 2. The maximum atomic E-state index is 12.5. The van der Waals surface area contributed by atoms with Crippen molar-refractivity contribution >= 4 is 26.0 Å². The molecule has 0 aliphatic carbocycles. The molecule has 1 atom stereocenters. The molecule has 2 rings (SSSR count). The van der Waals surface area contributed by atoms with E-state index in [0.717, 1.165) is 0 Å². The van der Waals surface area contributed by atoms with Gasteiger partial charge in [0.25, 0.3) is 0 Å². The first-order chi connectivity index (χ1) is 14.0. The van der Waals surface area contributed by atoms with E-state index in [9.17, 15) is 19.3 Å². The van der Waals surface area contributed by atoms with Crippen LogP contribution in [0.5, 0.6) is 0 Å². The summed E-state index contributed by atoms with van der Waals surface area (Å²) in [6.45, 7) is 4.55. The Kier molecular flexibility index (Phi) is 7.89. The molecule has 0 saturated carbocycles. The third kappa shape index (κ3) is 6.19. The summed E-state index contributed by atoms with van der Waals surface area (Å²) in [4.78, 5) is 46.3. The van der Waals surface area contributed by atoms with Gasteiger partial charge in [-0.3, -0.25) is 0 Å². The Morgan fingerprint density at radius 2 is 2.13 bits per heavy atom. The van der Waals surface area contributed by atoms with Gasteiger partial charge < -0.3 is 0 Å². The zero-order chi connectivity index (χ0) is 22.5. The van der Waals surface area contributed by atoms with Crippen molar-refractivity contribution in [3.63, 3.8) is 0 Å². The van der Waals surface area contributed by atoms with Crippen LogP contribution < -0.4 is 5.32 Å². The summed E-state index contributed by atoms with van der Waals surface area (Å²) in [6.07, 6.45) is -1.11. The number of carbonyl (C=O) groups excluding carboxylic acids is 3. The maximum absolute atomic E-state index is 12.5.